The van der Waals surface area contributed by atoms with Crippen LogP contribution in [-0.4, -0.2) is 53.4 Å². The highest BCUT2D eigenvalue weighted by atomic mass is 35.5. The van der Waals surface area contributed by atoms with Gasteiger partial charge in [-0.3, -0.25) is 24.7 Å². The van der Waals surface area contributed by atoms with Crippen LogP contribution in [0.3, 0.4) is 0 Å². The average molecular weight is 389 g/mol. The Morgan fingerprint density at radius 1 is 1.07 bits per heavy atom. The summed E-state index contributed by atoms with van der Waals surface area (Å²) in [6, 6.07) is 13.9. The molecule has 0 bridgehead atoms. The van der Waals surface area contributed by atoms with Gasteiger partial charge in [0.25, 0.3) is 5.69 Å². The van der Waals surface area contributed by atoms with Crippen LogP contribution in [0.5, 0.6) is 0 Å². The van der Waals surface area contributed by atoms with Gasteiger partial charge in [0.2, 0.25) is 5.91 Å². The lowest BCUT2D eigenvalue weighted by Crippen LogP contribution is -2.48. The molecule has 1 aliphatic rings. The Hall–Kier alpha value is -2.48. The summed E-state index contributed by atoms with van der Waals surface area (Å²) in [4.78, 5) is 27.1. The first-order valence-electron chi connectivity index (χ1n) is 8.74. The third-order valence-corrected chi connectivity index (χ3v) is 4.84. The number of nitro groups is 1. The number of non-ortho nitro benzene ring substituents is 1. The number of hydrogen-bond acceptors (Lipinski definition) is 5. The van der Waals surface area contributed by atoms with Crippen LogP contribution in [0.1, 0.15) is 5.56 Å². The van der Waals surface area contributed by atoms with Gasteiger partial charge in [0.1, 0.15) is 0 Å². The lowest BCUT2D eigenvalue weighted by molar-refractivity contribution is -0.384. The quantitative estimate of drug-likeness (QED) is 0.608. The number of carbonyl (C=O) groups is 1. The van der Waals surface area contributed by atoms with Crippen LogP contribution in [-0.2, 0) is 11.3 Å². The maximum absolute atomic E-state index is 12.2. The third-order valence-electron chi connectivity index (χ3n) is 4.51. The number of anilines is 1. The van der Waals surface area contributed by atoms with Crippen molar-refractivity contribution in [1.82, 2.24) is 9.80 Å². The molecule has 142 valence electrons. The number of nitrogens with one attached hydrogen (secondary N) is 1. The van der Waals surface area contributed by atoms with E-state index >= 15 is 0 Å². The Balaban J connectivity index is 1.46. The van der Waals surface area contributed by atoms with Gasteiger partial charge < -0.3 is 5.32 Å². The molecule has 1 saturated heterocycles. The Labute approximate surface area is 162 Å². The third kappa shape index (κ3) is 5.50. The number of benzene rings is 2. The molecule has 0 saturated carbocycles. The molecule has 8 heteroatoms. The second-order valence-corrected chi connectivity index (χ2v) is 6.91. The van der Waals surface area contributed by atoms with Crippen LogP contribution in [0.2, 0.25) is 5.02 Å². The average Bonchev–Trinajstić information content (AvgIpc) is 2.65. The smallest absolute Gasteiger partial charge is 0.269 e. The highest BCUT2D eigenvalue weighted by Crippen LogP contribution is 2.20. The van der Waals surface area contributed by atoms with Gasteiger partial charge >= 0.3 is 0 Å². The second-order valence-electron chi connectivity index (χ2n) is 6.51. The van der Waals surface area contributed by atoms with Crippen molar-refractivity contribution >= 4 is 28.9 Å². The fourth-order valence-corrected chi connectivity index (χ4v) is 3.27. The van der Waals surface area contributed by atoms with Gasteiger partial charge in [0.05, 0.1) is 22.2 Å². The van der Waals surface area contributed by atoms with Gasteiger partial charge in [-0.15, -0.1) is 0 Å². The number of piperazine rings is 1. The summed E-state index contributed by atoms with van der Waals surface area (Å²) in [6.07, 6.45) is 0. The van der Waals surface area contributed by atoms with Gasteiger partial charge in [0, 0.05) is 44.9 Å². The monoisotopic (exact) mass is 388 g/mol. The van der Waals surface area contributed by atoms with Crippen molar-refractivity contribution in [3.63, 3.8) is 0 Å². The van der Waals surface area contributed by atoms with E-state index in [-0.39, 0.29) is 16.5 Å². The van der Waals surface area contributed by atoms with Crippen LogP contribution >= 0.6 is 11.6 Å². The zero-order valence-electron chi connectivity index (χ0n) is 14.8. The van der Waals surface area contributed by atoms with Crippen LogP contribution < -0.4 is 5.32 Å². The normalized spacial score (nSPS) is 15.4. The Kier molecular flexibility index (Phi) is 6.39. The Bertz CT molecular complexity index is 822. The summed E-state index contributed by atoms with van der Waals surface area (Å²) in [5.74, 6) is -0.0877. The molecule has 3 rings (SSSR count). The number of hydrogen-bond donors (Lipinski definition) is 1. The molecule has 0 atom stereocenters. The molecule has 0 spiro atoms. The fraction of sp³-hybridized carbons (Fsp3) is 0.316. The van der Waals surface area contributed by atoms with Crippen LogP contribution in [0, 0.1) is 10.1 Å². The van der Waals surface area contributed by atoms with Crippen molar-refractivity contribution in [2.75, 3.05) is 38.0 Å². The van der Waals surface area contributed by atoms with E-state index in [4.69, 9.17) is 11.6 Å². The maximum Gasteiger partial charge on any atom is 0.269 e. The molecule has 0 aliphatic carbocycles. The van der Waals surface area contributed by atoms with Gasteiger partial charge in [-0.05, 0) is 17.7 Å². The highest BCUT2D eigenvalue weighted by Gasteiger charge is 2.20. The molecule has 0 aromatic heterocycles. The summed E-state index contributed by atoms with van der Waals surface area (Å²) in [5.41, 5.74) is 1.66. The Morgan fingerprint density at radius 3 is 2.48 bits per heavy atom. The molecule has 7 nitrogen and oxygen atoms in total. The van der Waals surface area contributed by atoms with E-state index in [1.54, 1.807) is 24.3 Å². The van der Waals surface area contributed by atoms with Gasteiger partial charge in [-0.25, -0.2) is 0 Å². The molecule has 0 unspecified atom stereocenters. The van der Waals surface area contributed by atoms with Gasteiger partial charge in [-0.2, -0.15) is 0 Å². The minimum Gasteiger partial charge on any atom is -0.324 e. The zero-order chi connectivity index (χ0) is 19.2. The number of rotatable bonds is 6. The standard InChI is InChI=1S/C19H21ClN4O3/c20-17-6-1-2-7-18(17)21-19(25)14-23-10-8-22(9-11-23)13-15-4-3-5-16(12-15)24(26)27/h1-7,12H,8-11,13-14H2,(H,21,25). The number of halogens is 1. The zero-order valence-corrected chi connectivity index (χ0v) is 15.6. The molecule has 1 heterocycles. The fourth-order valence-electron chi connectivity index (χ4n) is 3.09. The predicted molar refractivity (Wildman–Crippen MR) is 105 cm³/mol. The minimum absolute atomic E-state index is 0.0877. The maximum atomic E-state index is 12.2. The minimum atomic E-state index is -0.376. The van der Waals surface area contributed by atoms with Crippen molar-refractivity contribution in [1.29, 1.82) is 0 Å². The van der Waals surface area contributed by atoms with Gasteiger partial charge in [-0.1, -0.05) is 35.9 Å². The lowest BCUT2D eigenvalue weighted by Gasteiger charge is -2.34. The lowest BCUT2D eigenvalue weighted by atomic mass is 10.1. The number of para-hydroxylation sites is 1. The van der Waals surface area contributed by atoms with Gasteiger partial charge in [0.15, 0.2) is 0 Å². The van der Waals surface area contributed by atoms with Crippen molar-refractivity contribution in [3.05, 3.63) is 69.2 Å². The topological polar surface area (TPSA) is 78.7 Å². The molecule has 1 fully saturated rings. The molecule has 2 aromatic carbocycles. The van der Waals surface area contributed by atoms with E-state index < -0.39 is 0 Å². The summed E-state index contributed by atoms with van der Waals surface area (Å²) >= 11 is 6.06. The van der Waals surface area contributed by atoms with Crippen LogP contribution in [0.4, 0.5) is 11.4 Å². The summed E-state index contributed by atoms with van der Waals surface area (Å²) in [5, 5.41) is 14.2. The largest absolute Gasteiger partial charge is 0.324 e. The molecular weight excluding hydrogens is 368 g/mol. The Morgan fingerprint density at radius 2 is 1.78 bits per heavy atom. The predicted octanol–water partition coefficient (Wildman–Crippen LogP) is 3.00. The first-order valence-corrected chi connectivity index (χ1v) is 9.11. The number of nitrogens with zero attached hydrogens (tertiary/aromatic N) is 3. The van der Waals surface area contributed by atoms with E-state index in [0.29, 0.717) is 23.8 Å². The van der Waals surface area contributed by atoms with Crippen molar-refractivity contribution in [2.45, 2.75) is 6.54 Å². The molecule has 1 N–H and O–H groups in total. The molecular formula is C19H21ClN4O3. The van der Waals surface area contributed by atoms with E-state index in [0.717, 1.165) is 31.7 Å². The highest BCUT2D eigenvalue weighted by molar-refractivity contribution is 6.33. The molecule has 1 aliphatic heterocycles. The summed E-state index contributed by atoms with van der Waals surface area (Å²) < 4.78 is 0. The summed E-state index contributed by atoms with van der Waals surface area (Å²) in [7, 11) is 0. The summed E-state index contributed by atoms with van der Waals surface area (Å²) in [6.45, 7) is 4.14. The molecule has 0 radical (unpaired) electrons. The second kappa shape index (κ2) is 8.94. The van der Waals surface area contributed by atoms with Crippen molar-refractivity contribution in [3.8, 4) is 0 Å². The van der Waals surface area contributed by atoms with E-state index in [2.05, 4.69) is 15.1 Å². The first-order chi connectivity index (χ1) is 13.0. The van der Waals surface area contributed by atoms with Crippen LogP contribution in [0.15, 0.2) is 48.5 Å². The molecule has 1 amide bonds. The van der Waals surface area contributed by atoms with E-state index in [1.165, 1.54) is 6.07 Å². The number of amides is 1. The van der Waals surface area contributed by atoms with Crippen molar-refractivity contribution in [2.24, 2.45) is 0 Å². The number of carbonyl (C=O) groups excluding carboxylic acids is 1. The van der Waals surface area contributed by atoms with E-state index in [9.17, 15) is 14.9 Å². The molecule has 27 heavy (non-hydrogen) atoms. The van der Waals surface area contributed by atoms with Crippen molar-refractivity contribution < 1.29 is 9.72 Å². The molecule has 2 aromatic rings. The number of nitro benzene ring substituents is 1. The SMILES string of the molecule is O=C(CN1CCN(Cc2cccc([N+](=O)[O-])c2)CC1)Nc1ccccc1Cl. The first kappa shape index (κ1) is 19.3. The van der Waals surface area contributed by atoms with E-state index in [1.807, 2.05) is 18.2 Å². The van der Waals surface area contributed by atoms with Crippen LogP contribution in [0.25, 0.3) is 0 Å².